The van der Waals surface area contributed by atoms with E-state index in [1.165, 1.54) is 38.2 Å². The van der Waals surface area contributed by atoms with Crippen LogP contribution in [0.2, 0.25) is 0 Å². The molecule has 0 N–H and O–H groups in total. The molecule has 1 heterocycles. The average molecular weight is 269 g/mol. The van der Waals surface area contributed by atoms with Crippen LogP contribution in [0, 0.1) is 6.92 Å². The second-order valence-corrected chi connectivity index (χ2v) is 5.44. The van der Waals surface area contributed by atoms with Crippen LogP contribution >= 0.6 is 0 Å². The molecule has 1 aromatic heterocycles. The Kier molecular flexibility index (Phi) is 2.71. The molecular formula is C20H15N. The molecule has 4 aromatic rings. The summed E-state index contributed by atoms with van der Waals surface area (Å²) < 4.78 is 0. The van der Waals surface area contributed by atoms with E-state index in [2.05, 4.69) is 72.6 Å². The zero-order valence-corrected chi connectivity index (χ0v) is 11.9. The molecule has 100 valence electrons. The molecule has 0 atom stereocenters. The third-order valence-electron chi connectivity index (χ3n) is 3.93. The maximum Gasteiger partial charge on any atom is 0.0346 e. The molecule has 0 unspecified atom stereocenters. The summed E-state index contributed by atoms with van der Waals surface area (Å²) in [6.07, 6.45) is 3.86. The van der Waals surface area contributed by atoms with Gasteiger partial charge < -0.3 is 0 Å². The molecule has 4 rings (SSSR count). The molecule has 1 nitrogen and oxygen atoms in total. The van der Waals surface area contributed by atoms with Gasteiger partial charge in [-0.15, -0.1) is 0 Å². The van der Waals surface area contributed by atoms with E-state index >= 15 is 0 Å². The normalized spacial score (nSPS) is 11.1. The summed E-state index contributed by atoms with van der Waals surface area (Å²) >= 11 is 0. The predicted molar refractivity (Wildman–Crippen MR) is 89.4 cm³/mol. The summed E-state index contributed by atoms with van der Waals surface area (Å²) in [7, 11) is 0. The molecule has 0 aliphatic heterocycles. The van der Waals surface area contributed by atoms with Crippen molar-refractivity contribution in [3.8, 4) is 11.1 Å². The molecule has 21 heavy (non-hydrogen) atoms. The Bertz CT molecular complexity index is 900. The van der Waals surface area contributed by atoms with E-state index in [4.69, 9.17) is 0 Å². The summed E-state index contributed by atoms with van der Waals surface area (Å²) in [5, 5.41) is 5.10. The van der Waals surface area contributed by atoms with Gasteiger partial charge in [0.1, 0.15) is 0 Å². The molecule has 0 bridgehead atoms. The van der Waals surface area contributed by atoms with Crippen LogP contribution < -0.4 is 0 Å². The van der Waals surface area contributed by atoms with Crippen LogP contribution in [0.3, 0.4) is 0 Å². The Morgan fingerprint density at radius 2 is 1.33 bits per heavy atom. The van der Waals surface area contributed by atoms with Crippen molar-refractivity contribution in [1.82, 2.24) is 4.98 Å². The fourth-order valence-corrected chi connectivity index (χ4v) is 3.02. The van der Waals surface area contributed by atoms with Crippen molar-refractivity contribution in [2.24, 2.45) is 0 Å². The number of hydrogen-bond acceptors (Lipinski definition) is 1. The minimum absolute atomic E-state index is 1.18. The van der Waals surface area contributed by atoms with E-state index in [-0.39, 0.29) is 0 Å². The van der Waals surface area contributed by atoms with Gasteiger partial charge in [0.2, 0.25) is 0 Å². The molecule has 0 aliphatic rings. The van der Waals surface area contributed by atoms with Crippen LogP contribution in [-0.2, 0) is 0 Å². The number of aromatic nitrogens is 1. The quantitative estimate of drug-likeness (QED) is 0.424. The molecule has 0 fully saturated rings. The van der Waals surface area contributed by atoms with Gasteiger partial charge in [-0.05, 0) is 51.7 Å². The Morgan fingerprint density at radius 1 is 0.714 bits per heavy atom. The highest BCUT2D eigenvalue weighted by molar-refractivity contribution is 6.12. The third-order valence-corrected chi connectivity index (χ3v) is 3.93. The fraction of sp³-hybridized carbons (Fsp3) is 0.0500. The standard InChI is InChI=1S/C20H15N/c1-14-10-17(13-21-12-14)20-18-8-4-2-6-15(18)11-16-7-3-5-9-19(16)20/h2-13H,1H3. The zero-order valence-electron chi connectivity index (χ0n) is 11.9. The SMILES string of the molecule is Cc1cncc(-c2c3ccccc3cc3ccccc23)c1. The third kappa shape index (κ3) is 1.98. The summed E-state index contributed by atoms with van der Waals surface area (Å²) in [5.41, 5.74) is 3.65. The van der Waals surface area contributed by atoms with E-state index in [0.29, 0.717) is 0 Å². The monoisotopic (exact) mass is 269 g/mol. The van der Waals surface area contributed by atoms with Gasteiger partial charge in [0.15, 0.2) is 0 Å². The first-order valence-corrected chi connectivity index (χ1v) is 7.15. The number of hydrogen-bond donors (Lipinski definition) is 0. The molecule has 3 aromatic carbocycles. The molecule has 0 radical (unpaired) electrons. The van der Waals surface area contributed by atoms with E-state index in [1.54, 1.807) is 0 Å². The maximum atomic E-state index is 4.37. The van der Waals surface area contributed by atoms with Gasteiger partial charge in [0, 0.05) is 18.0 Å². The number of nitrogens with zero attached hydrogens (tertiary/aromatic N) is 1. The van der Waals surface area contributed by atoms with Gasteiger partial charge in [-0.25, -0.2) is 0 Å². The van der Waals surface area contributed by atoms with Gasteiger partial charge >= 0.3 is 0 Å². The smallest absolute Gasteiger partial charge is 0.0346 e. The molecular weight excluding hydrogens is 254 g/mol. The number of rotatable bonds is 1. The Hall–Kier alpha value is -2.67. The van der Waals surface area contributed by atoms with Crippen LogP contribution in [0.5, 0.6) is 0 Å². The van der Waals surface area contributed by atoms with Crippen LogP contribution in [-0.4, -0.2) is 4.98 Å². The van der Waals surface area contributed by atoms with Gasteiger partial charge in [-0.2, -0.15) is 0 Å². The molecule has 0 amide bonds. The van der Waals surface area contributed by atoms with E-state index in [9.17, 15) is 0 Å². The zero-order chi connectivity index (χ0) is 14.2. The number of benzene rings is 3. The highest BCUT2D eigenvalue weighted by Gasteiger charge is 2.09. The van der Waals surface area contributed by atoms with Gasteiger partial charge in [0.25, 0.3) is 0 Å². The number of fused-ring (bicyclic) bond motifs is 2. The Morgan fingerprint density at radius 3 is 1.95 bits per heavy atom. The lowest BCUT2D eigenvalue weighted by Crippen LogP contribution is -1.87. The van der Waals surface area contributed by atoms with Gasteiger partial charge in [0.05, 0.1) is 0 Å². The molecule has 0 saturated carbocycles. The second kappa shape index (κ2) is 4.71. The number of pyridine rings is 1. The summed E-state index contributed by atoms with van der Waals surface area (Å²) in [5.74, 6) is 0. The first-order valence-electron chi connectivity index (χ1n) is 7.15. The molecule has 1 heteroatoms. The Labute approximate surface area is 123 Å². The lowest BCUT2D eigenvalue weighted by atomic mass is 9.92. The van der Waals surface area contributed by atoms with Gasteiger partial charge in [-0.3, -0.25) is 4.98 Å². The predicted octanol–water partition coefficient (Wildman–Crippen LogP) is 5.36. The van der Waals surface area contributed by atoms with Crippen LogP contribution in [0.1, 0.15) is 5.56 Å². The molecule has 0 aliphatic carbocycles. The summed E-state index contributed by atoms with van der Waals surface area (Å²) in [6, 6.07) is 21.6. The van der Waals surface area contributed by atoms with Crippen molar-refractivity contribution in [2.75, 3.05) is 0 Å². The van der Waals surface area contributed by atoms with E-state index in [1.807, 2.05) is 12.4 Å². The average Bonchev–Trinajstić information content (AvgIpc) is 2.52. The van der Waals surface area contributed by atoms with Crippen molar-refractivity contribution >= 4 is 21.5 Å². The van der Waals surface area contributed by atoms with Crippen molar-refractivity contribution in [3.63, 3.8) is 0 Å². The Balaban J connectivity index is 2.21. The summed E-state index contributed by atoms with van der Waals surface area (Å²) in [4.78, 5) is 4.37. The summed E-state index contributed by atoms with van der Waals surface area (Å²) in [6.45, 7) is 2.09. The topological polar surface area (TPSA) is 12.9 Å². The van der Waals surface area contributed by atoms with Gasteiger partial charge in [-0.1, -0.05) is 48.5 Å². The van der Waals surface area contributed by atoms with E-state index in [0.717, 1.165) is 0 Å². The molecule has 0 saturated heterocycles. The minimum Gasteiger partial charge on any atom is -0.264 e. The highest BCUT2D eigenvalue weighted by atomic mass is 14.6. The largest absolute Gasteiger partial charge is 0.264 e. The maximum absolute atomic E-state index is 4.37. The van der Waals surface area contributed by atoms with E-state index < -0.39 is 0 Å². The lowest BCUT2D eigenvalue weighted by molar-refractivity contribution is 1.27. The lowest BCUT2D eigenvalue weighted by Gasteiger charge is -2.12. The minimum atomic E-state index is 1.18. The first kappa shape index (κ1) is 12.1. The van der Waals surface area contributed by atoms with Crippen LogP contribution in [0.15, 0.2) is 73.1 Å². The first-order chi connectivity index (χ1) is 10.3. The van der Waals surface area contributed by atoms with Crippen LogP contribution in [0.4, 0.5) is 0 Å². The van der Waals surface area contributed by atoms with Crippen LogP contribution in [0.25, 0.3) is 32.7 Å². The van der Waals surface area contributed by atoms with Crippen molar-refractivity contribution in [3.05, 3.63) is 78.6 Å². The molecule has 0 spiro atoms. The van der Waals surface area contributed by atoms with Crippen molar-refractivity contribution < 1.29 is 0 Å². The fourth-order valence-electron chi connectivity index (χ4n) is 3.02. The highest BCUT2D eigenvalue weighted by Crippen LogP contribution is 2.36. The van der Waals surface area contributed by atoms with Crippen molar-refractivity contribution in [2.45, 2.75) is 6.92 Å². The number of aryl methyl sites for hydroxylation is 1. The second-order valence-electron chi connectivity index (χ2n) is 5.44. The van der Waals surface area contributed by atoms with Crippen molar-refractivity contribution in [1.29, 1.82) is 0 Å².